The number of nitrogens with two attached hydrogens (primary N) is 1. The molecule has 0 saturated carbocycles. The van der Waals surface area contributed by atoms with Crippen LogP contribution in [-0.4, -0.2) is 37.2 Å². The minimum atomic E-state index is -0.0928. The van der Waals surface area contributed by atoms with Gasteiger partial charge >= 0.3 is 0 Å². The van der Waals surface area contributed by atoms with Gasteiger partial charge in [-0.1, -0.05) is 36.6 Å². The van der Waals surface area contributed by atoms with Gasteiger partial charge in [-0.05, 0) is 37.6 Å². The van der Waals surface area contributed by atoms with Crippen molar-refractivity contribution in [2.24, 2.45) is 5.73 Å². The molecule has 4 nitrogen and oxygen atoms in total. The van der Waals surface area contributed by atoms with Gasteiger partial charge < -0.3 is 10.6 Å². The van der Waals surface area contributed by atoms with E-state index in [1.165, 1.54) is 0 Å². The minimum Gasteiger partial charge on any atom is -0.342 e. The van der Waals surface area contributed by atoms with E-state index >= 15 is 0 Å². The second-order valence-electron chi connectivity index (χ2n) is 5.91. The predicted octanol–water partition coefficient (Wildman–Crippen LogP) is 3.90. The highest BCUT2D eigenvalue weighted by Gasteiger charge is 2.17. The van der Waals surface area contributed by atoms with E-state index in [1.54, 1.807) is 36.2 Å². The highest BCUT2D eigenvalue weighted by atomic mass is 35.5. The third-order valence-corrected chi connectivity index (χ3v) is 4.50. The Morgan fingerprint density at radius 2 is 1.92 bits per heavy atom. The molecule has 0 fully saturated rings. The molecule has 0 aliphatic carbocycles. The number of benzene rings is 2. The first-order chi connectivity index (χ1) is 11.6. The van der Waals surface area contributed by atoms with Crippen molar-refractivity contribution in [3.63, 3.8) is 0 Å². The third kappa shape index (κ3) is 4.13. The first kappa shape index (κ1) is 18.4. The van der Waals surface area contributed by atoms with Crippen molar-refractivity contribution in [2.45, 2.75) is 25.7 Å². The number of hydrogen-bond acceptors (Lipinski definition) is 3. The molecule has 0 aromatic heterocycles. The van der Waals surface area contributed by atoms with Gasteiger partial charge in [0.15, 0.2) is 6.29 Å². The van der Waals surface area contributed by atoms with Crippen molar-refractivity contribution < 1.29 is 9.59 Å². The van der Waals surface area contributed by atoms with Crippen LogP contribution in [0.15, 0.2) is 30.3 Å². The lowest BCUT2D eigenvalue weighted by atomic mass is 9.99. The van der Waals surface area contributed by atoms with Gasteiger partial charge in [0.1, 0.15) is 0 Å². The summed E-state index contributed by atoms with van der Waals surface area (Å²) < 4.78 is 0. The molecular weight excluding hydrogens is 324 g/mol. The largest absolute Gasteiger partial charge is 0.342 e. The van der Waals surface area contributed by atoms with Crippen molar-refractivity contribution in [3.8, 4) is 0 Å². The van der Waals surface area contributed by atoms with Gasteiger partial charge in [-0.25, -0.2) is 0 Å². The van der Waals surface area contributed by atoms with Gasteiger partial charge in [0.05, 0.1) is 0 Å². The molecule has 0 radical (unpaired) electrons. The number of nitrogens with zero attached hydrogens (tertiary/aromatic N) is 1. The first-order valence-electron chi connectivity index (χ1n) is 8.22. The van der Waals surface area contributed by atoms with E-state index < -0.39 is 0 Å². The Balaban J connectivity index is 2.23. The average molecular weight is 347 g/mol. The molecule has 128 valence electrons. The smallest absolute Gasteiger partial charge is 0.254 e. The molecule has 1 amide bonds. The predicted molar refractivity (Wildman–Crippen MR) is 98.8 cm³/mol. The highest BCUT2D eigenvalue weighted by Crippen LogP contribution is 2.29. The van der Waals surface area contributed by atoms with Crippen LogP contribution in [0.5, 0.6) is 0 Å². The third-order valence-electron chi connectivity index (χ3n) is 4.17. The summed E-state index contributed by atoms with van der Waals surface area (Å²) in [5.41, 5.74) is 6.48. The Bertz CT molecular complexity index is 731. The van der Waals surface area contributed by atoms with Crippen LogP contribution in [-0.2, 0) is 0 Å². The van der Waals surface area contributed by atoms with Crippen LogP contribution in [0.1, 0.15) is 46.4 Å². The molecule has 0 heterocycles. The maximum Gasteiger partial charge on any atom is 0.254 e. The summed E-state index contributed by atoms with van der Waals surface area (Å²) in [6.45, 7) is 1.39. The molecule has 2 aromatic rings. The Labute approximate surface area is 147 Å². The molecule has 0 aliphatic rings. The van der Waals surface area contributed by atoms with E-state index in [0.717, 1.165) is 37.4 Å². The van der Waals surface area contributed by atoms with Crippen LogP contribution in [0.4, 0.5) is 0 Å². The van der Waals surface area contributed by atoms with Crippen molar-refractivity contribution in [1.29, 1.82) is 0 Å². The maximum absolute atomic E-state index is 12.8. The number of aldehydes is 1. The summed E-state index contributed by atoms with van der Waals surface area (Å²) in [6.07, 6.45) is 4.85. The lowest BCUT2D eigenvalue weighted by Crippen LogP contribution is -2.28. The molecule has 2 rings (SSSR count). The minimum absolute atomic E-state index is 0.0928. The van der Waals surface area contributed by atoms with E-state index in [0.29, 0.717) is 34.6 Å². The number of rotatable bonds is 8. The molecular formula is C19H23ClN2O2. The normalized spacial score (nSPS) is 10.8. The van der Waals surface area contributed by atoms with Gasteiger partial charge in [0, 0.05) is 40.5 Å². The van der Waals surface area contributed by atoms with Gasteiger partial charge in [0.25, 0.3) is 5.91 Å². The average Bonchev–Trinajstić information content (AvgIpc) is 2.61. The van der Waals surface area contributed by atoms with Gasteiger partial charge in [0.2, 0.25) is 0 Å². The number of hydrogen-bond donors (Lipinski definition) is 1. The van der Waals surface area contributed by atoms with Crippen LogP contribution in [0.3, 0.4) is 0 Å². The fourth-order valence-corrected chi connectivity index (χ4v) is 3.05. The second kappa shape index (κ2) is 8.81. The molecule has 2 aromatic carbocycles. The molecule has 5 heteroatoms. The summed E-state index contributed by atoms with van der Waals surface area (Å²) >= 11 is 6.22. The topological polar surface area (TPSA) is 63.4 Å². The van der Waals surface area contributed by atoms with Crippen LogP contribution in [0, 0.1) is 0 Å². The SMILES string of the molecule is CN(CCCCCCN)C(=O)c1cccc2c(Cl)ccc(C=O)c12. The van der Waals surface area contributed by atoms with Gasteiger partial charge in [-0.2, -0.15) is 0 Å². The van der Waals surface area contributed by atoms with Gasteiger partial charge in [-0.15, -0.1) is 0 Å². The fraction of sp³-hybridized carbons (Fsp3) is 0.368. The first-order valence-corrected chi connectivity index (χ1v) is 8.60. The summed E-state index contributed by atoms with van der Waals surface area (Å²) in [5, 5.41) is 1.89. The number of halogens is 1. The molecule has 0 unspecified atom stereocenters. The van der Waals surface area contributed by atoms with Crippen LogP contribution >= 0.6 is 11.6 Å². The van der Waals surface area contributed by atoms with Gasteiger partial charge in [-0.3, -0.25) is 9.59 Å². The Kier molecular flexibility index (Phi) is 6.76. The van der Waals surface area contributed by atoms with E-state index in [1.807, 2.05) is 6.07 Å². The molecule has 0 atom stereocenters. The number of carbonyl (C=O) groups is 2. The molecule has 0 bridgehead atoms. The lowest BCUT2D eigenvalue weighted by Gasteiger charge is -2.19. The Morgan fingerprint density at radius 1 is 1.17 bits per heavy atom. The Morgan fingerprint density at radius 3 is 2.62 bits per heavy atom. The van der Waals surface area contributed by atoms with Crippen LogP contribution in [0.2, 0.25) is 5.02 Å². The highest BCUT2D eigenvalue weighted by molar-refractivity contribution is 6.36. The molecule has 0 spiro atoms. The van der Waals surface area contributed by atoms with Crippen LogP contribution in [0.25, 0.3) is 10.8 Å². The van der Waals surface area contributed by atoms with Crippen molar-refractivity contribution in [2.75, 3.05) is 20.1 Å². The zero-order valence-corrected chi connectivity index (χ0v) is 14.7. The number of amides is 1. The fourth-order valence-electron chi connectivity index (χ4n) is 2.83. The molecule has 0 aliphatic heterocycles. The molecule has 0 saturated heterocycles. The zero-order valence-electron chi connectivity index (χ0n) is 13.9. The maximum atomic E-state index is 12.8. The van der Waals surface area contributed by atoms with Crippen molar-refractivity contribution in [3.05, 3.63) is 46.5 Å². The van der Waals surface area contributed by atoms with E-state index in [9.17, 15) is 9.59 Å². The van der Waals surface area contributed by atoms with E-state index in [4.69, 9.17) is 17.3 Å². The second-order valence-corrected chi connectivity index (χ2v) is 6.32. The van der Waals surface area contributed by atoms with Crippen molar-refractivity contribution >= 4 is 34.6 Å². The summed E-state index contributed by atoms with van der Waals surface area (Å²) in [6, 6.07) is 8.71. The van der Waals surface area contributed by atoms with E-state index in [-0.39, 0.29) is 5.91 Å². The zero-order chi connectivity index (χ0) is 17.5. The monoisotopic (exact) mass is 346 g/mol. The Hall–Kier alpha value is -1.91. The summed E-state index contributed by atoms with van der Waals surface area (Å²) in [4.78, 5) is 25.9. The van der Waals surface area contributed by atoms with E-state index in [2.05, 4.69) is 0 Å². The summed E-state index contributed by atoms with van der Waals surface area (Å²) in [5.74, 6) is -0.0928. The van der Waals surface area contributed by atoms with Crippen molar-refractivity contribution in [1.82, 2.24) is 4.90 Å². The lowest BCUT2D eigenvalue weighted by molar-refractivity contribution is 0.0794. The summed E-state index contributed by atoms with van der Waals surface area (Å²) in [7, 11) is 1.79. The number of fused-ring (bicyclic) bond motifs is 1. The standard InChI is InChI=1S/C19H23ClN2O2/c1-22(12-5-3-2-4-11-21)19(24)16-8-6-7-15-17(20)10-9-14(13-23)18(15)16/h6-10,13H,2-5,11-12,21H2,1H3. The number of carbonyl (C=O) groups excluding carboxylic acids is 2. The quantitative estimate of drug-likeness (QED) is 0.582. The molecule has 2 N–H and O–H groups in total. The van der Waals surface area contributed by atoms with Crippen LogP contribution < -0.4 is 5.73 Å². The number of unbranched alkanes of at least 4 members (excludes halogenated alkanes) is 3. The molecule has 24 heavy (non-hydrogen) atoms.